The van der Waals surface area contributed by atoms with Gasteiger partial charge in [0.25, 0.3) is 0 Å². The zero-order valence-corrected chi connectivity index (χ0v) is 26.7. The Balaban J connectivity index is 1.48. The molecule has 0 bridgehead atoms. The molecular formula is C38H34BNS2. The summed E-state index contributed by atoms with van der Waals surface area (Å²) >= 11 is 4.00. The molecule has 0 unspecified atom stereocenters. The average molecular weight is 580 g/mol. The normalized spacial score (nSPS) is 14.2. The van der Waals surface area contributed by atoms with Gasteiger partial charge in [0.05, 0.1) is 11.0 Å². The molecule has 0 aliphatic carbocycles. The summed E-state index contributed by atoms with van der Waals surface area (Å²) in [5.74, 6) is 0. The van der Waals surface area contributed by atoms with Crippen molar-refractivity contribution >= 4 is 55.8 Å². The van der Waals surface area contributed by atoms with Gasteiger partial charge in [-0.25, -0.2) is 0 Å². The first kappa shape index (κ1) is 26.3. The lowest BCUT2D eigenvalue weighted by molar-refractivity contribution is 0.590. The van der Waals surface area contributed by atoms with E-state index in [4.69, 9.17) is 0 Å². The number of hydrogen-bond donors (Lipinski definition) is 0. The van der Waals surface area contributed by atoms with Gasteiger partial charge in [0.15, 0.2) is 0 Å². The molecule has 206 valence electrons. The third kappa shape index (κ3) is 3.95. The van der Waals surface area contributed by atoms with E-state index >= 15 is 0 Å². The van der Waals surface area contributed by atoms with Crippen molar-refractivity contribution in [3.63, 3.8) is 0 Å². The fourth-order valence-corrected chi connectivity index (χ4v) is 9.60. The molecule has 1 nitrogen and oxygen atoms in total. The van der Waals surface area contributed by atoms with Crippen LogP contribution in [0.3, 0.4) is 0 Å². The van der Waals surface area contributed by atoms with Crippen LogP contribution in [0, 0.1) is 0 Å². The van der Waals surface area contributed by atoms with Gasteiger partial charge in [0.2, 0.25) is 0 Å². The molecule has 42 heavy (non-hydrogen) atoms. The Kier molecular flexibility index (Phi) is 5.69. The Morgan fingerprint density at radius 1 is 0.524 bits per heavy atom. The molecule has 2 aliphatic heterocycles. The topological polar surface area (TPSA) is 4.93 Å². The first-order valence-electron chi connectivity index (χ1n) is 14.9. The van der Waals surface area contributed by atoms with Crippen LogP contribution in [-0.2, 0) is 10.8 Å². The van der Waals surface area contributed by atoms with E-state index in [2.05, 4.69) is 143 Å². The Morgan fingerprint density at radius 2 is 0.976 bits per heavy atom. The van der Waals surface area contributed by atoms with Gasteiger partial charge in [-0.05, 0) is 98.2 Å². The van der Waals surface area contributed by atoms with Crippen LogP contribution in [-0.4, -0.2) is 9.84 Å². The molecule has 6 aromatic rings. The van der Waals surface area contributed by atoms with Gasteiger partial charge in [0.1, 0.15) is 0 Å². The number of fused-ring (bicyclic) bond motifs is 7. The molecule has 0 saturated heterocycles. The Labute approximate surface area is 257 Å². The summed E-state index contributed by atoms with van der Waals surface area (Å²) in [7, 11) is 0. The summed E-state index contributed by atoms with van der Waals surface area (Å²) in [6, 6.07) is 37.1. The maximum absolute atomic E-state index is 2.52. The van der Waals surface area contributed by atoms with Crippen LogP contribution in [0.1, 0.15) is 52.7 Å². The fraction of sp³-hybridized carbons (Fsp3) is 0.211. The second-order valence-electron chi connectivity index (χ2n) is 13.8. The van der Waals surface area contributed by atoms with Crippen LogP contribution in [0.15, 0.2) is 107 Å². The SMILES string of the molecule is CC(C)(C)c1ccc2c(c1)c1cc(C(C)(C)C)ccc1n2-c1cc2c3c(c1)-c1ccccc1SB3Sc1ccccc1-2. The zero-order valence-electron chi connectivity index (χ0n) is 25.1. The minimum atomic E-state index is 0.0814. The highest BCUT2D eigenvalue weighted by Crippen LogP contribution is 2.50. The fourth-order valence-electron chi connectivity index (χ4n) is 6.66. The van der Waals surface area contributed by atoms with Gasteiger partial charge >= 0.3 is 5.27 Å². The Morgan fingerprint density at radius 3 is 1.43 bits per heavy atom. The molecule has 2 aliphatic rings. The number of hydrogen-bond acceptors (Lipinski definition) is 2. The summed E-state index contributed by atoms with van der Waals surface area (Å²) in [6.07, 6.45) is 0. The lowest BCUT2D eigenvalue weighted by Crippen LogP contribution is -2.33. The molecule has 0 saturated carbocycles. The predicted molar refractivity (Wildman–Crippen MR) is 186 cm³/mol. The Bertz CT molecular complexity index is 1930. The van der Waals surface area contributed by atoms with Crippen molar-refractivity contribution in [2.24, 2.45) is 0 Å². The summed E-state index contributed by atoms with van der Waals surface area (Å²) < 4.78 is 2.52. The van der Waals surface area contributed by atoms with Gasteiger partial charge < -0.3 is 4.57 Å². The minimum absolute atomic E-state index is 0.0814. The molecule has 0 N–H and O–H groups in total. The first-order valence-corrected chi connectivity index (χ1v) is 16.6. The van der Waals surface area contributed by atoms with Crippen molar-refractivity contribution in [3.8, 4) is 27.9 Å². The number of nitrogens with zero attached hydrogens (tertiary/aromatic N) is 1. The molecule has 4 heteroatoms. The largest absolute Gasteiger partial charge is 0.318 e. The predicted octanol–water partition coefficient (Wildman–Crippen LogP) is 10.6. The van der Waals surface area contributed by atoms with Crippen molar-refractivity contribution in [2.75, 3.05) is 0 Å². The maximum atomic E-state index is 2.52. The van der Waals surface area contributed by atoms with E-state index in [1.54, 1.807) is 0 Å². The minimum Gasteiger partial charge on any atom is -0.309 e. The van der Waals surface area contributed by atoms with Crippen LogP contribution in [0.2, 0.25) is 0 Å². The maximum Gasteiger partial charge on any atom is 0.318 e. The molecule has 0 atom stereocenters. The van der Waals surface area contributed by atoms with Crippen molar-refractivity contribution in [3.05, 3.63) is 108 Å². The third-order valence-electron chi connectivity index (χ3n) is 8.98. The van der Waals surface area contributed by atoms with E-state index in [0.29, 0.717) is 5.27 Å². The molecule has 0 spiro atoms. The van der Waals surface area contributed by atoms with Crippen molar-refractivity contribution < 1.29 is 0 Å². The number of aromatic nitrogens is 1. The van der Waals surface area contributed by atoms with Crippen molar-refractivity contribution in [1.29, 1.82) is 0 Å². The van der Waals surface area contributed by atoms with Gasteiger partial charge in [-0.15, -0.1) is 0 Å². The number of benzene rings is 5. The van der Waals surface area contributed by atoms with E-state index in [9.17, 15) is 0 Å². The third-order valence-corrected chi connectivity index (χ3v) is 11.7. The monoisotopic (exact) mass is 579 g/mol. The highest BCUT2D eigenvalue weighted by Gasteiger charge is 2.37. The second kappa shape index (κ2) is 9.08. The van der Waals surface area contributed by atoms with Crippen molar-refractivity contribution in [1.82, 2.24) is 4.57 Å². The molecule has 5 aromatic carbocycles. The standard InChI is InChI=1S/C38H34BNS2/c1-37(2,3)23-15-17-32-28(19-23)29-20-24(38(4,5)6)16-18-33(29)40(32)25-21-30-26-11-7-9-13-34(26)41-39-36(30)31(22-25)27-12-8-10-14-35(27)42-39/h7-22H,1-6H3. The molecule has 3 heterocycles. The smallest absolute Gasteiger partial charge is 0.309 e. The van der Waals surface area contributed by atoms with Crippen LogP contribution in [0.25, 0.3) is 49.7 Å². The Hall–Kier alpha value is -3.34. The highest BCUT2D eigenvalue weighted by atomic mass is 32.2. The summed E-state index contributed by atoms with van der Waals surface area (Å²) in [5, 5.41) is 3.02. The summed E-state index contributed by atoms with van der Waals surface area (Å²) in [6.45, 7) is 13.9. The van der Waals surface area contributed by atoms with Crippen LogP contribution >= 0.6 is 23.2 Å². The van der Waals surface area contributed by atoms with E-state index in [1.807, 2.05) is 23.2 Å². The van der Waals surface area contributed by atoms with Crippen LogP contribution in [0.5, 0.6) is 0 Å². The molecule has 0 radical (unpaired) electrons. The molecular weight excluding hydrogens is 545 g/mol. The molecule has 0 amide bonds. The van der Waals surface area contributed by atoms with Gasteiger partial charge in [-0.2, -0.15) is 23.2 Å². The second-order valence-corrected chi connectivity index (χ2v) is 16.4. The zero-order chi connectivity index (χ0) is 29.0. The molecule has 1 aromatic heterocycles. The average Bonchev–Trinajstić information content (AvgIpc) is 3.29. The summed E-state index contributed by atoms with van der Waals surface area (Å²) in [4.78, 5) is 2.74. The number of rotatable bonds is 1. The van der Waals surface area contributed by atoms with Gasteiger partial charge in [0, 0.05) is 26.3 Å². The van der Waals surface area contributed by atoms with Crippen LogP contribution < -0.4 is 5.46 Å². The molecule has 0 fully saturated rings. The summed E-state index contributed by atoms with van der Waals surface area (Å²) in [5.41, 5.74) is 13.6. The van der Waals surface area contributed by atoms with E-state index < -0.39 is 0 Å². The van der Waals surface area contributed by atoms with Crippen LogP contribution in [0.4, 0.5) is 0 Å². The highest BCUT2D eigenvalue weighted by molar-refractivity contribution is 8.56. The van der Waals surface area contributed by atoms with E-state index in [-0.39, 0.29) is 10.8 Å². The van der Waals surface area contributed by atoms with E-state index in [0.717, 1.165) is 0 Å². The lowest BCUT2D eigenvalue weighted by Gasteiger charge is -2.32. The quantitative estimate of drug-likeness (QED) is 0.179. The molecule has 8 rings (SSSR count). The van der Waals surface area contributed by atoms with Crippen molar-refractivity contribution in [2.45, 2.75) is 62.2 Å². The van der Waals surface area contributed by atoms with Gasteiger partial charge in [-0.3, -0.25) is 0 Å². The van der Waals surface area contributed by atoms with E-state index in [1.165, 1.54) is 76.1 Å². The van der Waals surface area contributed by atoms with Gasteiger partial charge in [-0.1, -0.05) is 90.1 Å². The lowest BCUT2D eigenvalue weighted by atomic mass is 9.77. The first-order chi connectivity index (χ1) is 20.1.